The molecule has 87 heavy (non-hydrogen) atoms. The van der Waals surface area contributed by atoms with Crippen LogP contribution in [0.5, 0.6) is 0 Å². The molecule has 5 atom stereocenters. The van der Waals surface area contributed by atoms with Gasteiger partial charge in [0.05, 0.1) is 26.4 Å². The maximum absolute atomic E-state index is 12.8. The number of ether oxygens (including phenoxy) is 3. The van der Waals surface area contributed by atoms with E-state index in [1.807, 2.05) is 0 Å². The Kier molecular flexibility index (Phi) is 59.7. The first-order chi connectivity index (χ1) is 42.2. The fourth-order valence-electron chi connectivity index (χ4n) is 8.35. The molecule has 0 aliphatic heterocycles. The minimum Gasteiger partial charge on any atom is -0.463 e. The highest BCUT2D eigenvalue weighted by Gasteiger charge is 2.29. The first-order valence-electron chi connectivity index (χ1n) is 33.2. The van der Waals surface area contributed by atoms with Gasteiger partial charge in [0.1, 0.15) is 25.4 Å². The quantitative estimate of drug-likeness (QED) is 0.0146. The first kappa shape index (κ1) is 83.2. The van der Waals surface area contributed by atoms with Crippen LogP contribution < -0.4 is 0 Å². The zero-order valence-corrected chi connectivity index (χ0v) is 55.7. The van der Waals surface area contributed by atoms with Gasteiger partial charge in [-0.25, -0.2) is 9.13 Å². The number of rotatable bonds is 62. The number of hydrogen-bond donors (Lipinski definition) is 4. The number of allylic oxidation sites excluding steroid dienone is 18. The van der Waals surface area contributed by atoms with Crippen molar-refractivity contribution in [2.24, 2.45) is 0 Å². The molecule has 0 aliphatic carbocycles. The van der Waals surface area contributed by atoms with Crippen molar-refractivity contribution in [2.45, 2.75) is 270 Å². The Morgan fingerprint density at radius 2 is 0.621 bits per heavy atom. The molecule has 0 saturated heterocycles. The van der Waals surface area contributed by atoms with Gasteiger partial charge in [-0.1, -0.05) is 220 Å². The van der Waals surface area contributed by atoms with Crippen LogP contribution in [0.3, 0.4) is 0 Å². The molecule has 5 unspecified atom stereocenters. The number of aliphatic hydroxyl groups is 2. The Morgan fingerprint density at radius 3 is 1.01 bits per heavy atom. The van der Waals surface area contributed by atoms with Crippen LogP contribution in [0.1, 0.15) is 252 Å². The van der Waals surface area contributed by atoms with Crippen molar-refractivity contribution in [3.63, 3.8) is 0 Å². The molecular formula is C69H118O16P2. The van der Waals surface area contributed by atoms with Crippen molar-refractivity contribution in [1.29, 1.82) is 0 Å². The van der Waals surface area contributed by atoms with Crippen LogP contribution in [0.15, 0.2) is 109 Å². The van der Waals surface area contributed by atoms with Crippen molar-refractivity contribution in [3.05, 3.63) is 109 Å². The van der Waals surface area contributed by atoms with Gasteiger partial charge in [-0.2, -0.15) is 0 Å². The summed E-state index contributed by atoms with van der Waals surface area (Å²) in [6.07, 6.45) is 68.7. The van der Waals surface area contributed by atoms with Crippen LogP contribution in [0, 0.1) is 0 Å². The van der Waals surface area contributed by atoms with Gasteiger partial charge in [-0.05, 0) is 122 Å². The van der Waals surface area contributed by atoms with E-state index in [9.17, 15) is 43.5 Å². The minimum atomic E-state index is -4.93. The monoisotopic (exact) mass is 1260 g/mol. The highest BCUT2D eigenvalue weighted by atomic mass is 31.2. The third kappa shape index (κ3) is 63.6. The molecule has 18 heteroatoms. The van der Waals surface area contributed by atoms with Crippen molar-refractivity contribution in [3.8, 4) is 0 Å². The van der Waals surface area contributed by atoms with E-state index >= 15 is 0 Å². The Morgan fingerprint density at radius 1 is 0.333 bits per heavy atom. The number of carbonyl (C=O) groups excluding carboxylic acids is 3. The molecule has 4 N–H and O–H groups in total. The Balaban J connectivity index is 4.58. The molecule has 0 amide bonds. The number of phosphoric ester groups is 2. The summed E-state index contributed by atoms with van der Waals surface area (Å²) in [6.45, 7) is 2.41. The number of carbonyl (C=O) groups is 3. The van der Waals surface area contributed by atoms with Gasteiger partial charge in [0.15, 0.2) is 6.10 Å². The van der Waals surface area contributed by atoms with Crippen molar-refractivity contribution in [2.75, 3.05) is 39.6 Å². The molecule has 0 radical (unpaired) electrons. The summed E-state index contributed by atoms with van der Waals surface area (Å²) in [5, 5.41) is 20.5. The van der Waals surface area contributed by atoms with E-state index in [-0.39, 0.29) is 19.3 Å². The predicted molar refractivity (Wildman–Crippen MR) is 353 cm³/mol. The van der Waals surface area contributed by atoms with Crippen molar-refractivity contribution < 1.29 is 75.8 Å². The summed E-state index contributed by atoms with van der Waals surface area (Å²) in [6, 6.07) is 0. The Labute approximate surface area is 526 Å². The number of aliphatic hydroxyl groups excluding tert-OH is 2. The standard InChI is InChI=1S/C69H118O16P2/c1-4-7-10-13-16-19-22-24-26-28-29-30-31-32-33-35-37-38-41-43-46-49-52-55-67(72)79-58-64(70)59-81-86(75,76)82-60-65(71)61-83-87(77,78)84-63-66(85-69(74)57-54-51-48-45-40-21-18-15-12-9-6-3)62-80-68(73)56-53-50-47-44-42-39-36-34-27-25-23-20-17-14-11-8-5-2/h8,11,15-20,24-27,29-30,32-33,36,39,64-66,70-71H,4-7,9-10,12-14,21-23,28,31,34-35,37-38,40-63H2,1-3H3,(H,75,76)(H,77,78)/b11-8-,18-15-,19-16-,20-17-,26-24-,27-25-,30-29-,33-32-,39-36-. The van der Waals surface area contributed by atoms with Crippen LogP contribution in [0.4, 0.5) is 0 Å². The predicted octanol–water partition coefficient (Wildman–Crippen LogP) is 18.1. The fourth-order valence-corrected chi connectivity index (χ4v) is 9.93. The molecule has 0 aromatic heterocycles. The van der Waals surface area contributed by atoms with Gasteiger partial charge in [0.2, 0.25) is 0 Å². The highest BCUT2D eigenvalue weighted by molar-refractivity contribution is 7.47. The Hall–Kier alpha value is -3.79. The Bertz CT molecular complexity index is 2030. The molecule has 16 nitrogen and oxygen atoms in total. The average Bonchev–Trinajstić information content (AvgIpc) is 3.54. The molecular weight excluding hydrogens is 1150 g/mol. The van der Waals surface area contributed by atoms with Gasteiger partial charge in [0.25, 0.3) is 0 Å². The summed E-state index contributed by atoms with van der Waals surface area (Å²) in [5.74, 6) is -1.63. The fraction of sp³-hybridized carbons (Fsp3) is 0.696. The van der Waals surface area contributed by atoms with Gasteiger partial charge < -0.3 is 34.2 Å². The van der Waals surface area contributed by atoms with Crippen molar-refractivity contribution >= 4 is 33.6 Å². The van der Waals surface area contributed by atoms with E-state index in [0.717, 1.165) is 154 Å². The largest absolute Gasteiger partial charge is 0.472 e. The smallest absolute Gasteiger partial charge is 0.463 e. The lowest BCUT2D eigenvalue weighted by atomic mass is 10.1. The lowest BCUT2D eigenvalue weighted by Crippen LogP contribution is -2.30. The van der Waals surface area contributed by atoms with Crippen LogP contribution >= 0.6 is 15.6 Å². The maximum Gasteiger partial charge on any atom is 0.472 e. The zero-order chi connectivity index (χ0) is 63.8. The number of unbranched alkanes of at least 4 members (excludes halogenated alkanes) is 21. The topological polar surface area (TPSA) is 231 Å². The molecule has 0 aromatic rings. The second-order valence-electron chi connectivity index (χ2n) is 21.9. The molecule has 0 saturated carbocycles. The normalized spacial score (nSPS) is 15.0. The summed E-state index contributed by atoms with van der Waals surface area (Å²) >= 11 is 0. The van der Waals surface area contributed by atoms with Crippen LogP contribution in [0.25, 0.3) is 0 Å². The number of phosphoric acid groups is 2. The van der Waals surface area contributed by atoms with Gasteiger partial charge in [-0.15, -0.1) is 0 Å². The third-order valence-corrected chi connectivity index (χ3v) is 15.4. The van der Waals surface area contributed by atoms with Gasteiger partial charge >= 0.3 is 33.6 Å². The summed E-state index contributed by atoms with van der Waals surface area (Å²) in [4.78, 5) is 58.2. The second kappa shape index (κ2) is 62.4. The maximum atomic E-state index is 12.8. The SMILES string of the molecule is CC/C=C\C/C=C\C/C=C\C/C=C\CCCCCCC(=O)OCC(COP(=O)(O)OCC(O)COP(=O)(O)OCC(O)COC(=O)CCCCCCCCC/C=C\C/C=C\C/C=C\C/C=C\CCCCC)OC(=O)CCCCCCC/C=C\CCCC. The second-order valence-corrected chi connectivity index (χ2v) is 24.8. The van der Waals surface area contributed by atoms with Crippen LogP contribution in [-0.2, 0) is 55.8 Å². The number of esters is 3. The summed E-state index contributed by atoms with van der Waals surface area (Å²) in [5.41, 5.74) is 0. The summed E-state index contributed by atoms with van der Waals surface area (Å²) < 4.78 is 60.7. The van der Waals surface area contributed by atoms with E-state index < -0.39 is 91.5 Å². The van der Waals surface area contributed by atoms with E-state index in [4.69, 9.17) is 32.3 Å². The lowest BCUT2D eigenvalue weighted by molar-refractivity contribution is -0.161. The third-order valence-electron chi connectivity index (χ3n) is 13.5. The van der Waals surface area contributed by atoms with E-state index in [1.165, 1.54) is 38.5 Å². The molecule has 0 aromatic carbocycles. The molecule has 0 heterocycles. The van der Waals surface area contributed by atoms with Crippen LogP contribution in [-0.4, -0.2) is 95.9 Å². The first-order valence-corrected chi connectivity index (χ1v) is 36.2. The highest BCUT2D eigenvalue weighted by Crippen LogP contribution is 2.45. The van der Waals surface area contributed by atoms with Crippen molar-refractivity contribution in [1.82, 2.24) is 0 Å². The number of hydrogen-bond acceptors (Lipinski definition) is 14. The van der Waals surface area contributed by atoms with Gasteiger partial charge in [-0.3, -0.25) is 32.5 Å². The van der Waals surface area contributed by atoms with Crippen LogP contribution in [0.2, 0.25) is 0 Å². The van der Waals surface area contributed by atoms with Gasteiger partial charge in [0, 0.05) is 19.3 Å². The minimum absolute atomic E-state index is 0.0861. The van der Waals surface area contributed by atoms with E-state index in [0.29, 0.717) is 19.3 Å². The molecule has 0 spiro atoms. The molecule has 0 fully saturated rings. The molecule has 0 bridgehead atoms. The molecule has 500 valence electrons. The van der Waals surface area contributed by atoms with E-state index in [1.54, 1.807) is 0 Å². The molecule has 0 aliphatic rings. The van der Waals surface area contributed by atoms with E-state index in [2.05, 4.69) is 130 Å². The lowest BCUT2D eigenvalue weighted by Gasteiger charge is -2.21. The summed E-state index contributed by atoms with van der Waals surface area (Å²) in [7, 11) is -9.78. The average molecular weight is 1270 g/mol. The zero-order valence-electron chi connectivity index (χ0n) is 53.9. The molecule has 0 rings (SSSR count).